The van der Waals surface area contributed by atoms with Gasteiger partial charge in [0.2, 0.25) is 0 Å². The lowest BCUT2D eigenvalue weighted by molar-refractivity contribution is -0.164. The fourth-order valence-electron chi connectivity index (χ4n) is 2.39. The maximum absolute atomic E-state index is 12.0. The lowest BCUT2D eigenvalue weighted by Crippen LogP contribution is -2.29. The highest BCUT2D eigenvalue weighted by Gasteiger charge is 2.25. The first-order valence-electron chi connectivity index (χ1n) is 8.21. The van der Waals surface area contributed by atoms with Crippen molar-refractivity contribution in [1.29, 1.82) is 0 Å². The van der Waals surface area contributed by atoms with Crippen LogP contribution in [0.2, 0.25) is 0 Å². The standard InChI is InChI=1S/C17H30O5/c1-12(10-15(18)22-17(3,4)5)16(19)21-13(2)11-20-14-8-6-7-9-14/h12-14H,6-11H2,1-5H3/t12-,13+/m1/s1. The minimum absolute atomic E-state index is 0.0340. The molecule has 22 heavy (non-hydrogen) atoms. The Hall–Kier alpha value is -1.10. The molecule has 0 aromatic carbocycles. The zero-order valence-corrected chi connectivity index (χ0v) is 14.5. The van der Waals surface area contributed by atoms with E-state index in [0.717, 1.165) is 12.8 Å². The molecule has 0 bridgehead atoms. The van der Waals surface area contributed by atoms with Crippen molar-refractivity contribution in [2.75, 3.05) is 6.61 Å². The Bertz CT molecular complexity index is 366. The van der Waals surface area contributed by atoms with E-state index in [1.165, 1.54) is 12.8 Å². The van der Waals surface area contributed by atoms with Crippen LogP contribution in [-0.4, -0.2) is 36.4 Å². The van der Waals surface area contributed by atoms with Crippen LogP contribution in [0.1, 0.15) is 66.7 Å². The van der Waals surface area contributed by atoms with Gasteiger partial charge < -0.3 is 14.2 Å². The van der Waals surface area contributed by atoms with Gasteiger partial charge in [0.15, 0.2) is 0 Å². The Morgan fingerprint density at radius 2 is 1.73 bits per heavy atom. The summed E-state index contributed by atoms with van der Waals surface area (Å²) in [5.41, 5.74) is -0.539. The third-order valence-electron chi connectivity index (χ3n) is 3.48. The molecule has 0 amide bonds. The molecule has 0 aromatic rings. The molecule has 0 heterocycles. The molecular weight excluding hydrogens is 284 g/mol. The third-order valence-corrected chi connectivity index (χ3v) is 3.48. The number of hydrogen-bond donors (Lipinski definition) is 0. The first kappa shape index (κ1) is 18.9. The second-order valence-electron chi connectivity index (χ2n) is 7.18. The van der Waals surface area contributed by atoms with Gasteiger partial charge in [0.25, 0.3) is 0 Å². The number of rotatable bonds is 7. The van der Waals surface area contributed by atoms with Crippen LogP contribution in [-0.2, 0) is 23.8 Å². The first-order chi connectivity index (χ1) is 10.2. The lowest BCUT2D eigenvalue weighted by Gasteiger charge is -2.21. The van der Waals surface area contributed by atoms with Gasteiger partial charge in [0, 0.05) is 0 Å². The minimum Gasteiger partial charge on any atom is -0.460 e. The molecule has 0 N–H and O–H groups in total. The average Bonchev–Trinajstić information content (AvgIpc) is 2.86. The van der Waals surface area contributed by atoms with Crippen molar-refractivity contribution in [2.45, 2.75) is 84.5 Å². The zero-order chi connectivity index (χ0) is 16.8. The van der Waals surface area contributed by atoms with Crippen LogP contribution in [0, 0.1) is 5.92 Å². The summed E-state index contributed by atoms with van der Waals surface area (Å²) in [7, 11) is 0. The monoisotopic (exact) mass is 314 g/mol. The molecule has 0 radical (unpaired) electrons. The van der Waals surface area contributed by atoms with Crippen LogP contribution in [0.4, 0.5) is 0 Å². The summed E-state index contributed by atoms with van der Waals surface area (Å²) in [6.07, 6.45) is 4.66. The van der Waals surface area contributed by atoms with E-state index in [1.54, 1.807) is 27.7 Å². The molecule has 1 aliphatic carbocycles. The van der Waals surface area contributed by atoms with Gasteiger partial charge in [-0.25, -0.2) is 0 Å². The van der Waals surface area contributed by atoms with Gasteiger partial charge in [-0.2, -0.15) is 0 Å². The molecule has 1 fully saturated rings. The molecule has 1 rings (SSSR count). The van der Waals surface area contributed by atoms with Gasteiger partial charge in [-0.1, -0.05) is 19.8 Å². The van der Waals surface area contributed by atoms with Crippen molar-refractivity contribution in [1.82, 2.24) is 0 Å². The first-order valence-corrected chi connectivity index (χ1v) is 8.21. The van der Waals surface area contributed by atoms with E-state index in [1.807, 2.05) is 6.92 Å². The highest BCUT2D eigenvalue weighted by Crippen LogP contribution is 2.21. The van der Waals surface area contributed by atoms with Crippen molar-refractivity contribution in [3.63, 3.8) is 0 Å². The number of carbonyl (C=O) groups is 2. The number of ether oxygens (including phenoxy) is 3. The summed E-state index contributed by atoms with van der Waals surface area (Å²) in [6.45, 7) is 9.31. The summed E-state index contributed by atoms with van der Waals surface area (Å²) >= 11 is 0. The van der Waals surface area contributed by atoms with Crippen LogP contribution < -0.4 is 0 Å². The number of carbonyl (C=O) groups excluding carboxylic acids is 2. The van der Waals surface area contributed by atoms with Crippen LogP contribution in [0.25, 0.3) is 0 Å². The van der Waals surface area contributed by atoms with Crippen molar-refractivity contribution in [2.24, 2.45) is 5.92 Å². The molecular formula is C17H30O5. The number of esters is 2. The van der Waals surface area contributed by atoms with E-state index < -0.39 is 11.5 Å². The normalized spacial score (nSPS) is 18.8. The predicted octanol–water partition coefficient (Wildman–Crippen LogP) is 3.25. The summed E-state index contributed by atoms with van der Waals surface area (Å²) in [6, 6.07) is 0. The fourth-order valence-corrected chi connectivity index (χ4v) is 2.39. The van der Waals surface area contributed by atoms with Gasteiger partial charge in [-0.05, 0) is 40.5 Å². The molecule has 0 saturated heterocycles. The van der Waals surface area contributed by atoms with Gasteiger partial charge >= 0.3 is 11.9 Å². The van der Waals surface area contributed by atoms with Crippen LogP contribution in [0.5, 0.6) is 0 Å². The molecule has 0 aliphatic heterocycles. The van der Waals surface area contributed by atoms with Crippen molar-refractivity contribution >= 4 is 11.9 Å². The molecule has 0 spiro atoms. The topological polar surface area (TPSA) is 61.8 Å². The van der Waals surface area contributed by atoms with Gasteiger partial charge in [0.1, 0.15) is 11.7 Å². The van der Waals surface area contributed by atoms with E-state index in [9.17, 15) is 9.59 Å². The lowest BCUT2D eigenvalue weighted by atomic mass is 10.1. The van der Waals surface area contributed by atoms with Crippen molar-refractivity contribution in [3.05, 3.63) is 0 Å². The van der Waals surface area contributed by atoms with E-state index in [-0.39, 0.29) is 24.5 Å². The van der Waals surface area contributed by atoms with Crippen LogP contribution in [0.3, 0.4) is 0 Å². The van der Waals surface area contributed by atoms with Crippen molar-refractivity contribution < 1.29 is 23.8 Å². The Balaban J connectivity index is 2.25. The molecule has 2 atom stereocenters. The SMILES string of the molecule is C[C@H](CC(=O)OC(C)(C)C)C(=O)O[C@@H](C)COC1CCCC1. The molecule has 1 aliphatic rings. The zero-order valence-electron chi connectivity index (χ0n) is 14.5. The molecule has 128 valence electrons. The highest BCUT2D eigenvalue weighted by molar-refractivity contribution is 5.79. The molecule has 5 heteroatoms. The van der Waals surface area contributed by atoms with E-state index in [0.29, 0.717) is 12.7 Å². The van der Waals surface area contributed by atoms with Crippen molar-refractivity contribution in [3.8, 4) is 0 Å². The van der Waals surface area contributed by atoms with Crippen LogP contribution in [0.15, 0.2) is 0 Å². The van der Waals surface area contributed by atoms with Gasteiger partial charge in [0.05, 0.1) is 25.0 Å². The van der Waals surface area contributed by atoms with E-state index in [2.05, 4.69) is 0 Å². The predicted molar refractivity (Wildman–Crippen MR) is 83.4 cm³/mol. The summed E-state index contributed by atoms with van der Waals surface area (Å²) in [5, 5.41) is 0. The minimum atomic E-state index is -0.539. The largest absolute Gasteiger partial charge is 0.460 e. The Kier molecular flexibility index (Phi) is 7.33. The van der Waals surface area contributed by atoms with Gasteiger partial charge in [-0.15, -0.1) is 0 Å². The smallest absolute Gasteiger partial charge is 0.309 e. The highest BCUT2D eigenvalue weighted by atomic mass is 16.6. The van der Waals surface area contributed by atoms with Gasteiger partial charge in [-0.3, -0.25) is 9.59 Å². The molecule has 0 unspecified atom stereocenters. The van der Waals surface area contributed by atoms with Crippen LogP contribution >= 0.6 is 0 Å². The summed E-state index contributed by atoms with van der Waals surface area (Å²) < 4.78 is 16.3. The summed E-state index contributed by atoms with van der Waals surface area (Å²) in [4.78, 5) is 23.7. The average molecular weight is 314 g/mol. The molecule has 1 saturated carbocycles. The van der Waals surface area contributed by atoms with E-state index >= 15 is 0 Å². The second-order valence-corrected chi connectivity index (χ2v) is 7.18. The summed E-state index contributed by atoms with van der Waals surface area (Å²) in [5.74, 6) is -1.27. The van der Waals surface area contributed by atoms with E-state index in [4.69, 9.17) is 14.2 Å². The Labute approximate surface area is 133 Å². The quantitative estimate of drug-likeness (QED) is 0.675. The second kappa shape index (κ2) is 8.51. The third kappa shape index (κ3) is 7.78. The maximum atomic E-state index is 12.0. The Morgan fingerprint density at radius 1 is 1.14 bits per heavy atom. The number of hydrogen-bond acceptors (Lipinski definition) is 5. The Morgan fingerprint density at radius 3 is 2.27 bits per heavy atom. The molecule has 5 nitrogen and oxygen atoms in total. The molecule has 0 aromatic heterocycles. The fraction of sp³-hybridized carbons (Fsp3) is 0.882. The maximum Gasteiger partial charge on any atom is 0.309 e.